The lowest BCUT2D eigenvalue weighted by Gasteiger charge is -2.09. The number of carbonyl (C=O) groups excluding carboxylic acids is 1. The number of aromatic nitrogens is 2. The summed E-state index contributed by atoms with van der Waals surface area (Å²) in [4.78, 5) is 12.6. The molecule has 29 heavy (non-hydrogen) atoms. The Hall–Kier alpha value is -2.23. The lowest BCUT2D eigenvalue weighted by molar-refractivity contribution is -0.115. The van der Waals surface area contributed by atoms with E-state index in [0.29, 0.717) is 18.2 Å². The van der Waals surface area contributed by atoms with Crippen LogP contribution in [0.2, 0.25) is 0 Å². The van der Waals surface area contributed by atoms with E-state index < -0.39 is 10.0 Å². The number of nitrogens with zero attached hydrogens (tertiary/aromatic N) is 2. The van der Waals surface area contributed by atoms with Crippen molar-refractivity contribution >= 4 is 21.6 Å². The molecule has 1 aromatic carbocycles. The van der Waals surface area contributed by atoms with Crippen LogP contribution in [0, 0.1) is 19.8 Å². The van der Waals surface area contributed by atoms with Crippen LogP contribution in [0.4, 0.5) is 5.69 Å². The zero-order chi connectivity index (χ0) is 21.6. The van der Waals surface area contributed by atoms with E-state index in [4.69, 9.17) is 4.74 Å². The standard InChI is InChI=1S/C20H30N4O4S/c1-14(2)13-24-16(4)19(15(3)23-24)12-20(25)22-17-6-8-18(9-7-17)29(26,27)21-10-11-28-5/h6-9,14,21H,10-13H2,1-5H3,(H,22,25). The van der Waals surface area contributed by atoms with Crippen LogP contribution in [0.5, 0.6) is 0 Å². The van der Waals surface area contributed by atoms with Gasteiger partial charge in [-0.25, -0.2) is 13.1 Å². The largest absolute Gasteiger partial charge is 0.383 e. The first-order valence-electron chi connectivity index (χ1n) is 9.55. The fraction of sp³-hybridized carbons (Fsp3) is 0.500. The third-order valence-electron chi connectivity index (χ3n) is 4.45. The molecule has 0 fully saturated rings. The Kier molecular flexibility index (Phi) is 7.95. The zero-order valence-electron chi connectivity index (χ0n) is 17.7. The molecule has 2 aromatic rings. The van der Waals surface area contributed by atoms with Crippen molar-refractivity contribution in [3.8, 4) is 0 Å². The third kappa shape index (κ3) is 6.38. The summed E-state index contributed by atoms with van der Waals surface area (Å²) >= 11 is 0. The molecule has 1 heterocycles. The molecule has 1 amide bonds. The van der Waals surface area contributed by atoms with E-state index in [-0.39, 0.29) is 23.8 Å². The van der Waals surface area contributed by atoms with E-state index in [9.17, 15) is 13.2 Å². The van der Waals surface area contributed by atoms with Crippen LogP contribution in [0.3, 0.4) is 0 Å². The van der Waals surface area contributed by atoms with E-state index in [1.165, 1.54) is 19.2 Å². The molecule has 2 N–H and O–H groups in total. The van der Waals surface area contributed by atoms with Gasteiger partial charge in [-0.05, 0) is 44.0 Å². The predicted molar refractivity (Wildman–Crippen MR) is 112 cm³/mol. The molecule has 0 saturated heterocycles. The van der Waals surface area contributed by atoms with Crippen LogP contribution in [0.1, 0.15) is 30.8 Å². The zero-order valence-corrected chi connectivity index (χ0v) is 18.5. The van der Waals surface area contributed by atoms with Crippen LogP contribution in [-0.2, 0) is 32.5 Å². The summed E-state index contributed by atoms with van der Waals surface area (Å²) in [5.41, 5.74) is 3.30. The van der Waals surface area contributed by atoms with Gasteiger partial charge in [0.15, 0.2) is 0 Å². The van der Waals surface area contributed by atoms with Crippen LogP contribution in [0.15, 0.2) is 29.2 Å². The Bertz CT molecular complexity index is 934. The number of hydrogen-bond acceptors (Lipinski definition) is 5. The molecule has 0 saturated carbocycles. The molecule has 0 radical (unpaired) electrons. The molecule has 1 aromatic heterocycles. The lowest BCUT2D eigenvalue weighted by atomic mass is 10.1. The number of ether oxygens (including phenoxy) is 1. The molecular formula is C20H30N4O4S. The van der Waals surface area contributed by atoms with Crippen molar-refractivity contribution in [3.63, 3.8) is 0 Å². The smallest absolute Gasteiger partial charge is 0.240 e. The van der Waals surface area contributed by atoms with Gasteiger partial charge < -0.3 is 10.1 Å². The average molecular weight is 423 g/mol. The van der Waals surface area contributed by atoms with Gasteiger partial charge in [-0.1, -0.05) is 13.8 Å². The first-order chi connectivity index (χ1) is 13.6. The molecule has 0 unspecified atom stereocenters. The maximum atomic E-state index is 12.5. The monoisotopic (exact) mass is 422 g/mol. The second-order valence-corrected chi connectivity index (χ2v) is 9.13. The van der Waals surface area contributed by atoms with Crippen molar-refractivity contribution in [3.05, 3.63) is 41.2 Å². The van der Waals surface area contributed by atoms with E-state index >= 15 is 0 Å². The average Bonchev–Trinajstić information content (AvgIpc) is 2.89. The van der Waals surface area contributed by atoms with Crippen LogP contribution in [0.25, 0.3) is 0 Å². The molecule has 8 nitrogen and oxygen atoms in total. The molecule has 2 rings (SSSR count). The third-order valence-corrected chi connectivity index (χ3v) is 5.93. The van der Waals surface area contributed by atoms with Crippen molar-refractivity contribution in [1.82, 2.24) is 14.5 Å². The Labute approximate surface area is 172 Å². The normalized spacial score (nSPS) is 11.8. The summed E-state index contributed by atoms with van der Waals surface area (Å²) in [6.45, 7) is 9.42. The Balaban J connectivity index is 2.02. The molecule has 0 spiro atoms. The number of nitrogens with one attached hydrogen (secondary N) is 2. The Morgan fingerprint density at radius 2 is 1.86 bits per heavy atom. The van der Waals surface area contributed by atoms with Crippen LogP contribution < -0.4 is 10.0 Å². The highest BCUT2D eigenvalue weighted by Crippen LogP contribution is 2.18. The summed E-state index contributed by atoms with van der Waals surface area (Å²) in [7, 11) is -2.09. The van der Waals surface area contributed by atoms with E-state index in [1.807, 2.05) is 18.5 Å². The number of sulfonamides is 1. The van der Waals surface area contributed by atoms with Crippen molar-refractivity contribution in [2.45, 2.75) is 45.6 Å². The minimum atomic E-state index is -3.60. The van der Waals surface area contributed by atoms with E-state index in [0.717, 1.165) is 23.5 Å². The van der Waals surface area contributed by atoms with Gasteiger partial charge in [-0.2, -0.15) is 5.10 Å². The van der Waals surface area contributed by atoms with Crippen LogP contribution >= 0.6 is 0 Å². The second-order valence-electron chi connectivity index (χ2n) is 7.37. The quantitative estimate of drug-likeness (QED) is 0.572. The first kappa shape index (κ1) is 23.1. The highest BCUT2D eigenvalue weighted by Gasteiger charge is 2.17. The topological polar surface area (TPSA) is 102 Å². The number of carbonyl (C=O) groups is 1. The summed E-state index contributed by atoms with van der Waals surface area (Å²) in [6.07, 6.45) is 0.217. The van der Waals surface area contributed by atoms with Gasteiger partial charge >= 0.3 is 0 Å². The molecule has 0 bridgehead atoms. The highest BCUT2D eigenvalue weighted by molar-refractivity contribution is 7.89. The summed E-state index contributed by atoms with van der Waals surface area (Å²) in [5.74, 6) is 0.294. The van der Waals surface area contributed by atoms with Crippen molar-refractivity contribution in [2.24, 2.45) is 5.92 Å². The Morgan fingerprint density at radius 3 is 2.45 bits per heavy atom. The summed E-state index contributed by atoms with van der Waals surface area (Å²) in [5, 5.41) is 7.35. The van der Waals surface area contributed by atoms with Crippen molar-refractivity contribution in [1.29, 1.82) is 0 Å². The maximum absolute atomic E-state index is 12.5. The number of benzene rings is 1. The number of anilines is 1. The maximum Gasteiger partial charge on any atom is 0.240 e. The van der Waals surface area contributed by atoms with Gasteiger partial charge in [0.05, 0.1) is 23.6 Å². The first-order valence-corrected chi connectivity index (χ1v) is 11.0. The van der Waals surface area contributed by atoms with Gasteiger partial charge in [0.1, 0.15) is 0 Å². The van der Waals surface area contributed by atoms with Crippen molar-refractivity contribution in [2.75, 3.05) is 25.6 Å². The van der Waals surface area contributed by atoms with Gasteiger partial charge in [-0.15, -0.1) is 0 Å². The molecule has 0 aliphatic carbocycles. The minimum Gasteiger partial charge on any atom is -0.383 e. The van der Waals surface area contributed by atoms with E-state index in [2.05, 4.69) is 29.0 Å². The fourth-order valence-electron chi connectivity index (χ4n) is 2.96. The molecule has 160 valence electrons. The number of methoxy groups -OCH3 is 1. The fourth-order valence-corrected chi connectivity index (χ4v) is 3.97. The number of rotatable bonds is 10. The minimum absolute atomic E-state index is 0.133. The molecule has 0 aliphatic heterocycles. The molecule has 9 heteroatoms. The molecular weight excluding hydrogens is 392 g/mol. The second kappa shape index (κ2) is 10.00. The number of aryl methyl sites for hydroxylation is 1. The van der Waals surface area contributed by atoms with E-state index in [1.54, 1.807) is 12.1 Å². The SMILES string of the molecule is COCCNS(=O)(=O)c1ccc(NC(=O)Cc2c(C)nn(CC(C)C)c2C)cc1. The van der Waals surface area contributed by atoms with Crippen LogP contribution in [-0.4, -0.2) is 44.4 Å². The van der Waals surface area contributed by atoms with Gasteiger partial charge in [0.25, 0.3) is 0 Å². The molecule has 0 aliphatic rings. The number of hydrogen-bond donors (Lipinski definition) is 2. The lowest BCUT2D eigenvalue weighted by Crippen LogP contribution is -2.27. The van der Waals surface area contributed by atoms with Crippen molar-refractivity contribution < 1.29 is 17.9 Å². The molecule has 0 atom stereocenters. The van der Waals surface area contributed by atoms with Gasteiger partial charge in [0, 0.05) is 37.1 Å². The number of amides is 1. The summed E-state index contributed by atoms with van der Waals surface area (Å²) in [6, 6.07) is 6.07. The Morgan fingerprint density at radius 1 is 1.21 bits per heavy atom. The van der Waals surface area contributed by atoms with Gasteiger partial charge in [0.2, 0.25) is 15.9 Å². The summed E-state index contributed by atoms with van der Waals surface area (Å²) < 4.78 is 33.6. The van der Waals surface area contributed by atoms with Gasteiger partial charge in [-0.3, -0.25) is 9.48 Å². The predicted octanol–water partition coefficient (Wildman–Crippen LogP) is 2.26. The highest BCUT2D eigenvalue weighted by atomic mass is 32.2.